The number of methoxy groups -OCH3 is 1. The van der Waals surface area contributed by atoms with Gasteiger partial charge in [0.1, 0.15) is 12.3 Å². The van der Waals surface area contributed by atoms with E-state index in [9.17, 15) is 4.79 Å². The van der Waals surface area contributed by atoms with Gasteiger partial charge in [-0.3, -0.25) is 4.79 Å². The van der Waals surface area contributed by atoms with Crippen LogP contribution in [0.25, 0.3) is 10.9 Å². The van der Waals surface area contributed by atoms with Crippen molar-refractivity contribution in [3.05, 3.63) is 29.5 Å². The topological polar surface area (TPSA) is 34.5 Å². The molecule has 4 heteroatoms. The maximum atomic E-state index is 13.3. The first-order chi connectivity index (χ1) is 13.7. The fourth-order valence-corrected chi connectivity index (χ4v) is 5.98. The highest BCUT2D eigenvalue weighted by Crippen LogP contribution is 2.37. The van der Waals surface area contributed by atoms with Crippen LogP contribution in [-0.4, -0.2) is 35.6 Å². The Morgan fingerprint density at radius 1 is 1.07 bits per heavy atom. The van der Waals surface area contributed by atoms with Gasteiger partial charge in [0.25, 0.3) is 0 Å². The average molecular weight is 381 g/mol. The Labute approximate surface area is 167 Å². The number of nitrogens with zero attached hydrogens (tertiary/aromatic N) is 2. The summed E-state index contributed by atoms with van der Waals surface area (Å²) < 4.78 is 7.79. The van der Waals surface area contributed by atoms with Crippen molar-refractivity contribution in [3.8, 4) is 5.75 Å². The molecule has 150 valence electrons. The largest absolute Gasteiger partial charge is 0.497 e. The summed E-state index contributed by atoms with van der Waals surface area (Å²) in [5.41, 5.74) is 4.02. The van der Waals surface area contributed by atoms with Gasteiger partial charge in [-0.2, -0.15) is 0 Å². The number of benzene rings is 1. The molecule has 3 aliphatic rings. The van der Waals surface area contributed by atoms with Crippen molar-refractivity contribution in [1.29, 1.82) is 0 Å². The second-order valence-electron chi connectivity index (χ2n) is 9.03. The molecule has 5 rings (SSSR count). The van der Waals surface area contributed by atoms with Crippen molar-refractivity contribution in [2.45, 2.75) is 64.3 Å². The molecule has 1 aromatic heterocycles. The number of likely N-dealkylation sites (tertiary alicyclic amines) is 1. The molecule has 2 heterocycles. The number of piperidine rings is 1. The predicted molar refractivity (Wildman–Crippen MR) is 112 cm³/mol. The second-order valence-corrected chi connectivity index (χ2v) is 9.03. The third-order valence-electron chi connectivity index (χ3n) is 7.52. The van der Waals surface area contributed by atoms with Crippen molar-refractivity contribution in [1.82, 2.24) is 9.47 Å². The Hall–Kier alpha value is -1.97. The van der Waals surface area contributed by atoms with Crippen molar-refractivity contribution in [3.63, 3.8) is 0 Å². The lowest BCUT2D eigenvalue weighted by Gasteiger charge is -2.41. The van der Waals surface area contributed by atoms with Gasteiger partial charge in [-0.05, 0) is 68.1 Å². The zero-order valence-electron chi connectivity index (χ0n) is 17.1. The summed E-state index contributed by atoms with van der Waals surface area (Å²) in [5, 5.41) is 1.31. The first kappa shape index (κ1) is 18.1. The number of carbonyl (C=O) groups excluding carboxylic acids is 1. The standard InChI is InChI=1S/C24H32N2O2/c1-28-19-10-11-21-20-8-4-5-9-22(20)26(23(21)14-19)16-24(27)25-13-12-17-6-2-3-7-18(17)15-25/h10-11,14,17-18H,2-9,12-13,15-16H2,1H3. The number of carbonyl (C=O) groups is 1. The molecule has 2 aromatic rings. The van der Waals surface area contributed by atoms with Gasteiger partial charge in [-0.15, -0.1) is 0 Å². The van der Waals surface area contributed by atoms with Crippen LogP contribution in [0.1, 0.15) is 56.2 Å². The minimum Gasteiger partial charge on any atom is -0.497 e. The molecule has 2 atom stereocenters. The molecule has 1 saturated heterocycles. The molecule has 0 bridgehead atoms. The van der Waals surface area contributed by atoms with Gasteiger partial charge in [0, 0.05) is 30.2 Å². The number of aromatic nitrogens is 1. The lowest BCUT2D eigenvalue weighted by atomic mass is 9.75. The Balaban J connectivity index is 1.43. The third kappa shape index (κ3) is 3.11. The summed E-state index contributed by atoms with van der Waals surface area (Å²) >= 11 is 0. The van der Waals surface area contributed by atoms with Gasteiger partial charge in [-0.1, -0.05) is 19.3 Å². The van der Waals surface area contributed by atoms with Crippen molar-refractivity contribution in [2.24, 2.45) is 11.8 Å². The summed E-state index contributed by atoms with van der Waals surface area (Å²) in [5.74, 6) is 2.78. The summed E-state index contributed by atoms with van der Waals surface area (Å²) in [6, 6.07) is 6.36. The molecule has 0 N–H and O–H groups in total. The van der Waals surface area contributed by atoms with Crippen LogP contribution in [0.15, 0.2) is 18.2 Å². The molecule has 1 amide bonds. The Kier molecular flexibility index (Phi) is 4.82. The predicted octanol–water partition coefficient (Wildman–Crippen LogP) is 4.57. The molecular weight excluding hydrogens is 348 g/mol. The lowest BCUT2D eigenvalue weighted by molar-refractivity contribution is -0.134. The van der Waals surface area contributed by atoms with Crippen LogP contribution in [0.5, 0.6) is 5.75 Å². The van der Waals surface area contributed by atoms with E-state index in [0.717, 1.165) is 43.5 Å². The number of amides is 1. The van der Waals surface area contributed by atoms with Crippen LogP contribution < -0.4 is 4.74 Å². The van der Waals surface area contributed by atoms with Crippen LogP contribution in [0, 0.1) is 11.8 Å². The summed E-state index contributed by atoms with van der Waals surface area (Å²) in [4.78, 5) is 15.5. The first-order valence-electron chi connectivity index (χ1n) is 11.2. The van der Waals surface area contributed by atoms with Gasteiger partial charge in [0.15, 0.2) is 0 Å². The van der Waals surface area contributed by atoms with Crippen LogP contribution in [0.2, 0.25) is 0 Å². The number of hydrogen-bond donors (Lipinski definition) is 0. The number of fused-ring (bicyclic) bond motifs is 4. The Bertz CT molecular complexity index is 884. The minimum absolute atomic E-state index is 0.303. The van der Waals surface area contributed by atoms with E-state index < -0.39 is 0 Å². The van der Waals surface area contributed by atoms with Crippen LogP contribution in [-0.2, 0) is 24.2 Å². The number of rotatable bonds is 3. The van der Waals surface area contributed by atoms with E-state index >= 15 is 0 Å². The SMILES string of the molecule is COc1ccc2c3c(n(CC(=O)N4CCC5CCCCC5C4)c2c1)CCCC3. The summed E-state index contributed by atoms with van der Waals surface area (Å²) in [6.45, 7) is 2.41. The van der Waals surface area contributed by atoms with E-state index in [1.165, 1.54) is 67.1 Å². The van der Waals surface area contributed by atoms with Crippen LogP contribution in [0.3, 0.4) is 0 Å². The van der Waals surface area contributed by atoms with Gasteiger partial charge in [-0.25, -0.2) is 0 Å². The molecule has 1 aromatic carbocycles. The van der Waals surface area contributed by atoms with Crippen LogP contribution in [0.4, 0.5) is 0 Å². The zero-order valence-corrected chi connectivity index (χ0v) is 17.1. The average Bonchev–Trinajstić information content (AvgIpc) is 3.06. The monoisotopic (exact) mass is 380 g/mol. The minimum atomic E-state index is 0.303. The van der Waals surface area contributed by atoms with E-state index in [4.69, 9.17) is 4.74 Å². The van der Waals surface area contributed by atoms with Gasteiger partial charge >= 0.3 is 0 Å². The van der Waals surface area contributed by atoms with E-state index in [1.54, 1.807) is 7.11 Å². The molecule has 2 unspecified atom stereocenters. The van der Waals surface area contributed by atoms with Crippen LogP contribution >= 0.6 is 0 Å². The molecule has 1 saturated carbocycles. The quantitative estimate of drug-likeness (QED) is 0.782. The molecule has 2 fully saturated rings. The maximum Gasteiger partial charge on any atom is 0.242 e. The smallest absolute Gasteiger partial charge is 0.242 e. The molecule has 4 nitrogen and oxygen atoms in total. The number of ether oxygens (including phenoxy) is 1. The fourth-order valence-electron chi connectivity index (χ4n) is 5.98. The molecule has 0 spiro atoms. The highest BCUT2D eigenvalue weighted by Gasteiger charge is 2.33. The Morgan fingerprint density at radius 3 is 2.75 bits per heavy atom. The van der Waals surface area contributed by atoms with Crippen molar-refractivity contribution in [2.75, 3.05) is 20.2 Å². The third-order valence-corrected chi connectivity index (χ3v) is 7.52. The van der Waals surface area contributed by atoms with Gasteiger partial charge in [0.05, 0.1) is 12.6 Å². The normalized spacial score (nSPS) is 24.7. The van der Waals surface area contributed by atoms with Gasteiger partial charge in [0.2, 0.25) is 5.91 Å². The van der Waals surface area contributed by atoms with Gasteiger partial charge < -0.3 is 14.2 Å². The van der Waals surface area contributed by atoms with E-state index in [1.807, 2.05) is 0 Å². The van der Waals surface area contributed by atoms with E-state index in [2.05, 4.69) is 27.7 Å². The lowest BCUT2D eigenvalue weighted by Crippen LogP contribution is -2.46. The summed E-state index contributed by atoms with van der Waals surface area (Å²) in [6.07, 6.45) is 11.3. The second kappa shape index (κ2) is 7.46. The molecule has 28 heavy (non-hydrogen) atoms. The van der Waals surface area contributed by atoms with E-state index in [0.29, 0.717) is 12.5 Å². The molecule has 0 radical (unpaired) electrons. The fraction of sp³-hybridized carbons (Fsp3) is 0.625. The maximum absolute atomic E-state index is 13.3. The number of hydrogen-bond acceptors (Lipinski definition) is 2. The van der Waals surface area contributed by atoms with Crippen molar-refractivity contribution >= 4 is 16.8 Å². The highest BCUT2D eigenvalue weighted by atomic mass is 16.5. The van der Waals surface area contributed by atoms with E-state index in [-0.39, 0.29) is 0 Å². The molecular formula is C24H32N2O2. The zero-order chi connectivity index (χ0) is 19.1. The Morgan fingerprint density at radius 2 is 1.89 bits per heavy atom. The highest BCUT2D eigenvalue weighted by molar-refractivity contribution is 5.89. The van der Waals surface area contributed by atoms with Crippen molar-refractivity contribution < 1.29 is 9.53 Å². The number of aryl methyl sites for hydroxylation is 1. The molecule has 2 aliphatic carbocycles. The first-order valence-corrected chi connectivity index (χ1v) is 11.2. The summed E-state index contributed by atoms with van der Waals surface area (Å²) in [7, 11) is 1.72. The molecule has 1 aliphatic heterocycles.